The Hall–Kier alpha value is -3.70. The standard InChI is InChI=1S/C20H12F8N2O2/c21-12-4-1-9(7-14(12)29)31-16-6-3-11(19(23,24)25)18(17(16)20(26,27)28)32-10-2-5-13(22)15(30)8-10/h1-8H,29-30H2. The molecule has 0 radical (unpaired) electrons. The first-order chi connectivity index (χ1) is 14.8. The van der Waals surface area contributed by atoms with Gasteiger partial charge in [0.15, 0.2) is 5.75 Å². The lowest BCUT2D eigenvalue weighted by molar-refractivity contribution is -0.145. The molecule has 12 heteroatoms. The molecule has 4 nitrogen and oxygen atoms in total. The number of ether oxygens (including phenoxy) is 2. The molecule has 0 saturated carbocycles. The zero-order valence-electron chi connectivity index (χ0n) is 15.6. The summed E-state index contributed by atoms with van der Waals surface area (Å²) in [6.45, 7) is 0. The summed E-state index contributed by atoms with van der Waals surface area (Å²) in [5.74, 6) is -5.48. The molecule has 3 aromatic carbocycles. The van der Waals surface area contributed by atoms with Crippen molar-refractivity contribution < 1.29 is 44.6 Å². The largest absolute Gasteiger partial charge is 0.457 e. The molecule has 0 bridgehead atoms. The molecular weight excluding hydrogens is 452 g/mol. The lowest BCUT2D eigenvalue weighted by atomic mass is 10.1. The minimum Gasteiger partial charge on any atom is -0.457 e. The van der Waals surface area contributed by atoms with E-state index in [0.717, 1.165) is 30.3 Å². The second-order valence-electron chi connectivity index (χ2n) is 6.38. The van der Waals surface area contributed by atoms with Crippen molar-refractivity contribution in [2.75, 3.05) is 11.5 Å². The Morgan fingerprint density at radius 1 is 0.625 bits per heavy atom. The van der Waals surface area contributed by atoms with Crippen LogP contribution in [0.3, 0.4) is 0 Å². The van der Waals surface area contributed by atoms with Gasteiger partial charge in [0.05, 0.1) is 16.9 Å². The van der Waals surface area contributed by atoms with Crippen molar-refractivity contribution in [1.29, 1.82) is 0 Å². The third kappa shape index (κ3) is 4.79. The highest BCUT2D eigenvalue weighted by Crippen LogP contribution is 2.50. The van der Waals surface area contributed by atoms with E-state index in [4.69, 9.17) is 20.9 Å². The summed E-state index contributed by atoms with van der Waals surface area (Å²) in [5.41, 5.74) is 5.97. The van der Waals surface area contributed by atoms with Crippen molar-refractivity contribution in [3.63, 3.8) is 0 Å². The van der Waals surface area contributed by atoms with Gasteiger partial charge in [0.1, 0.15) is 34.4 Å². The average Bonchev–Trinajstić information content (AvgIpc) is 2.66. The van der Waals surface area contributed by atoms with Gasteiger partial charge in [-0.2, -0.15) is 26.3 Å². The molecule has 0 heterocycles. The van der Waals surface area contributed by atoms with Gasteiger partial charge in [0.2, 0.25) is 0 Å². The van der Waals surface area contributed by atoms with Crippen molar-refractivity contribution >= 4 is 11.4 Å². The monoisotopic (exact) mass is 464 g/mol. The zero-order valence-corrected chi connectivity index (χ0v) is 15.6. The number of benzene rings is 3. The van der Waals surface area contributed by atoms with Crippen LogP contribution in [0.4, 0.5) is 46.5 Å². The normalized spacial score (nSPS) is 12.0. The topological polar surface area (TPSA) is 70.5 Å². The van der Waals surface area contributed by atoms with Crippen molar-refractivity contribution in [1.82, 2.24) is 0 Å². The number of nitrogen functional groups attached to an aromatic ring is 2. The van der Waals surface area contributed by atoms with Crippen molar-refractivity contribution in [3.05, 3.63) is 71.3 Å². The number of rotatable bonds is 4. The Labute approximate surface area is 175 Å². The van der Waals surface area contributed by atoms with Crippen LogP contribution in [-0.2, 0) is 12.4 Å². The van der Waals surface area contributed by atoms with Gasteiger partial charge in [0.25, 0.3) is 0 Å². The quantitative estimate of drug-likeness (QED) is 0.331. The van der Waals surface area contributed by atoms with Gasteiger partial charge < -0.3 is 20.9 Å². The number of hydrogen-bond acceptors (Lipinski definition) is 4. The SMILES string of the molecule is Nc1cc(Oc2ccc(C(F)(F)F)c(Oc3ccc(F)c(N)c3)c2C(F)(F)F)ccc1F. The number of alkyl halides is 6. The molecule has 0 amide bonds. The molecule has 0 aliphatic carbocycles. The van der Waals surface area contributed by atoms with Crippen LogP contribution in [0.5, 0.6) is 23.0 Å². The first kappa shape index (κ1) is 23.0. The second kappa shape index (κ2) is 8.09. The Morgan fingerprint density at radius 2 is 1.12 bits per heavy atom. The van der Waals surface area contributed by atoms with E-state index in [1.165, 1.54) is 0 Å². The maximum atomic E-state index is 13.9. The molecule has 3 rings (SSSR count). The Kier molecular flexibility index (Phi) is 5.81. The van der Waals surface area contributed by atoms with Gasteiger partial charge in [-0.1, -0.05) is 0 Å². The fourth-order valence-corrected chi connectivity index (χ4v) is 2.66. The van der Waals surface area contributed by atoms with Crippen LogP contribution in [0.1, 0.15) is 11.1 Å². The van der Waals surface area contributed by atoms with Gasteiger partial charge in [0, 0.05) is 12.1 Å². The van der Waals surface area contributed by atoms with Crippen LogP contribution in [0.2, 0.25) is 0 Å². The van der Waals surface area contributed by atoms with E-state index in [9.17, 15) is 35.1 Å². The molecule has 4 N–H and O–H groups in total. The fraction of sp³-hybridized carbons (Fsp3) is 0.100. The van der Waals surface area contributed by atoms with E-state index in [2.05, 4.69) is 0 Å². The van der Waals surface area contributed by atoms with E-state index in [1.807, 2.05) is 0 Å². The molecule has 0 saturated heterocycles. The Bertz CT molecular complexity index is 1160. The van der Waals surface area contributed by atoms with Crippen LogP contribution in [0, 0.1) is 11.6 Å². The first-order valence-electron chi connectivity index (χ1n) is 8.54. The first-order valence-corrected chi connectivity index (χ1v) is 8.54. The van der Waals surface area contributed by atoms with Crippen molar-refractivity contribution in [3.8, 4) is 23.0 Å². The average molecular weight is 464 g/mol. The molecule has 0 aromatic heterocycles. The molecule has 0 aliphatic rings. The predicted molar refractivity (Wildman–Crippen MR) is 98.2 cm³/mol. The third-order valence-corrected chi connectivity index (χ3v) is 4.09. The summed E-state index contributed by atoms with van der Waals surface area (Å²) in [4.78, 5) is 0. The highest BCUT2D eigenvalue weighted by molar-refractivity contribution is 5.57. The lowest BCUT2D eigenvalue weighted by Gasteiger charge is -2.22. The Morgan fingerprint density at radius 3 is 1.56 bits per heavy atom. The zero-order chi connectivity index (χ0) is 23.8. The van der Waals surface area contributed by atoms with Crippen molar-refractivity contribution in [2.45, 2.75) is 12.4 Å². The predicted octanol–water partition coefficient (Wildman–Crippen LogP) is 6.75. The van der Waals surface area contributed by atoms with Crippen LogP contribution >= 0.6 is 0 Å². The minimum atomic E-state index is -5.39. The summed E-state index contributed by atoms with van der Waals surface area (Å²) in [5, 5.41) is 0. The molecule has 0 atom stereocenters. The second-order valence-corrected chi connectivity index (χ2v) is 6.38. The van der Waals surface area contributed by atoms with Crippen LogP contribution in [0.15, 0.2) is 48.5 Å². The van der Waals surface area contributed by atoms with Crippen LogP contribution < -0.4 is 20.9 Å². The number of hydrogen-bond donors (Lipinski definition) is 2. The molecule has 32 heavy (non-hydrogen) atoms. The number of halogens is 8. The fourth-order valence-electron chi connectivity index (χ4n) is 2.66. The lowest BCUT2D eigenvalue weighted by Crippen LogP contribution is -2.15. The molecule has 0 aliphatic heterocycles. The van der Waals surface area contributed by atoms with Gasteiger partial charge in [-0.05, 0) is 36.4 Å². The van der Waals surface area contributed by atoms with Crippen LogP contribution in [0.25, 0.3) is 0 Å². The third-order valence-electron chi connectivity index (χ3n) is 4.09. The molecule has 170 valence electrons. The van der Waals surface area contributed by atoms with E-state index in [0.29, 0.717) is 18.2 Å². The summed E-state index contributed by atoms with van der Waals surface area (Å²) >= 11 is 0. The molecule has 3 aromatic rings. The van der Waals surface area contributed by atoms with E-state index in [1.54, 1.807) is 0 Å². The maximum absolute atomic E-state index is 13.9. The maximum Gasteiger partial charge on any atom is 0.423 e. The van der Waals surface area contributed by atoms with Gasteiger partial charge in [-0.25, -0.2) is 8.78 Å². The van der Waals surface area contributed by atoms with Crippen LogP contribution in [-0.4, -0.2) is 0 Å². The summed E-state index contributed by atoms with van der Waals surface area (Å²) in [6, 6.07) is 5.60. The molecular formula is C20H12F8N2O2. The smallest absolute Gasteiger partial charge is 0.423 e. The summed E-state index contributed by atoms with van der Waals surface area (Å²) < 4.78 is 119. The van der Waals surface area contributed by atoms with Gasteiger partial charge in [-0.3, -0.25) is 0 Å². The molecule has 0 spiro atoms. The van der Waals surface area contributed by atoms with E-state index in [-0.39, 0.29) is 5.75 Å². The van der Waals surface area contributed by atoms with Crippen molar-refractivity contribution in [2.24, 2.45) is 0 Å². The molecule has 0 unspecified atom stereocenters. The van der Waals surface area contributed by atoms with Gasteiger partial charge in [-0.15, -0.1) is 0 Å². The van der Waals surface area contributed by atoms with Gasteiger partial charge >= 0.3 is 12.4 Å². The number of anilines is 2. The highest BCUT2D eigenvalue weighted by Gasteiger charge is 2.45. The minimum absolute atomic E-state index is 0.319. The number of nitrogens with two attached hydrogens (primary N) is 2. The summed E-state index contributed by atoms with van der Waals surface area (Å²) in [6.07, 6.45) is -10.6. The molecule has 0 fully saturated rings. The summed E-state index contributed by atoms with van der Waals surface area (Å²) in [7, 11) is 0. The van der Waals surface area contributed by atoms with E-state index >= 15 is 0 Å². The van der Waals surface area contributed by atoms with E-state index < -0.39 is 63.7 Å². The Balaban J connectivity index is 2.21. The highest BCUT2D eigenvalue weighted by atomic mass is 19.4.